The molecule has 0 heterocycles. The lowest BCUT2D eigenvalue weighted by molar-refractivity contribution is 0.0694. The summed E-state index contributed by atoms with van der Waals surface area (Å²) in [6, 6.07) is 8.09. The molecule has 0 aliphatic heterocycles. The minimum absolute atomic E-state index is 0.110. The number of aromatic hydroxyl groups is 1. The lowest BCUT2D eigenvalue weighted by Crippen LogP contribution is -1.97. The fourth-order valence-electron chi connectivity index (χ4n) is 1.66. The van der Waals surface area contributed by atoms with Gasteiger partial charge in [-0.3, -0.25) is 0 Å². The highest BCUT2D eigenvalue weighted by molar-refractivity contribution is 6.02. The summed E-state index contributed by atoms with van der Waals surface area (Å²) in [5, 5.41) is 19.8. The third-order valence-electron chi connectivity index (χ3n) is 2.44. The zero-order valence-electron chi connectivity index (χ0n) is 8.60. The molecule has 0 saturated heterocycles. The Balaban J connectivity index is 2.81. The van der Waals surface area contributed by atoms with E-state index in [9.17, 15) is 9.90 Å². The molecule has 2 aromatic rings. The molecule has 0 radical (unpaired) electrons. The van der Waals surface area contributed by atoms with Gasteiger partial charge in [-0.25, -0.2) is 4.79 Å². The second kappa shape index (κ2) is 3.73. The fraction of sp³-hybridized carbons (Fsp3) is 0.0833. The van der Waals surface area contributed by atoms with Crippen molar-refractivity contribution in [2.45, 2.75) is 0 Å². The number of carbonyl (C=O) groups is 1. The molecule has 0 unspecified atom stereocenters. The van der Waals surface area contributed by atoms with Crippen LogP contribution in [0.5, 0.6) is 11.5 Å². The second-order valence-corrected chi connectivity index (χ2v) is 3.32. The van der Waals surface area contributed by atoms with E-state index < -0.39 is 5.97 Å². The van der Waals surface area contributed by atoms with Gasteiger partial charge in [-0.2, -0.15) is 0 Å². The minimum Gasteiger partial charge on any atom is -0.506 e. The first kappa shape index (κ1) is 10.3. The predicted octanol–water partition coefficient (Wildman–Crippen LogP) is 2.25. The molecule has 0 aliphatic rings. The highest BCUT2D eigenvalue weighted by Gasteiger charge is 2.13. The number of aromatic carboxylic acids is 1. The summed E-state index contributed by atoms with van der Waals surface area (Å²) in [5.74, 6) is -0.782. The summed E-state index contributed by atoms with van der Waals surface area (Å²) in [6.45, 7) is 0. The Morgan fingerprint density at radius 3 is 2.56 bits per heavy atom. The highest BCUT2D eigenvalue weighted by Crippen LogP contribution is 2.33. The molecule has 4 nitrogen and oxygen atoms in total. The smallest absolute Gasteiger partial charge is 0.339 e. The van der Waals surface area contributed by atoms with Crippen molar-refractivity contribution in [1.82, 2.24) is 0 Å². The third-order valence-corrected chi connectivity index (χ3v) is 2.44. The number of ether oxygens (including phenoxy) is 1. The lowest BCUT2D eigenvalue weighted by Gasteiger charge is -2.08. The Kier molecular flexibility index (Phi) is 2.40. The first-order chi connectivity index (χ1) is 7.65. The van der Waals surface area contributed by atoms with Gasteiger partial charge in [0.05, 0.1) is 7.11 Å². The number of fused-ring (bicyclic) bond motifs is 1. The molecular weight excluding hydrogens is 208 g/mol. The van der Waals surface area contributed by atoms with Crippen molar-refractivity contribution in [3.63, 3.8) is 0 Å². The van der Waals surface area contributed by atoms with Crippen LogP contribution in [0, 0.1) is 0 Å². The SMILES string of the molecule is COc1cccc2c(O)c(C(=O)O)ccc12. The average molecular weight is 218 g/mol. The van der Waals surface area contributed by atoms with Gasteiger partial charge in [-0.15, -0.1) is 0 Å². The Bertz CT molecular complexity index is 560. The van der Waals surface area contributed by atoms with Crippen LogP contribution in [0.1, 0.15) is 10.4 Å². The van der Waals surface area contributed by atoms with E-state index >= 15 is 0 Å². The normalized spacial score (nSPS) is 10.3. The summed E-state index contributed by atoms with van der Waals surface area (Å²) in [4.78, 5) is 10.8. The van der Waals surface area contributed by atoms with Gasteiger partial charge < -0.3 is 14.9 Å². The molecule has 0 aliphatic carbocycles. The van der Waals surface area contributed by atoms with Crippen molar-refractivity contribution < 1.29 is 19.7 Å². The molecule has 2 aromatic carbocycles. The Morgan fingerprint density at radius 1 is 1.19 bits per heavy atom. The average Bonchev–Trinajstić information content (AvgIpc) is 2.28. The van der Waals surface area contributed by atoms with E-state index in [0.29, 0.717) is 16.5 Å². The van der Waals surface area contributed by atoms with Crippen molar-refractivity contribution in [2.75, 3.05) is 7.11 Å². The van der Waals surface area contributed by atoms with Gasteiger partial charge >= 0.3 is 5.97 Å². The summed E-state index contributed by atoms with van der Waals surface area (Å²) in [7, 11) is 1.52. The van der Waals surface area contributed by atoms with Crippen molar-refractivity contribution in [2.24, 2.45) is 0 Å². The van der Waals surface area contributed by atoms with Crippen LogP contribution < -0.4 is 4.74 Å². The third kappa shape index (κ3) is 1.44. The summed E-state index contributed by atoms with van der Waals surface area (Å²) >= 11 is 0. The van der Waals surface area contributed by atoms with Crippen LogP contribution in [0.2, 0.25) is 0 Å². The van der Waals surface area contributed by atoms with Crippen LogP contribution in [0.4, 0.5) is 0 Å². The van der Waals surface area contributed by atoms with Crippen LogP contribution in [0.3, 0.4) is 0 Å². The van der Waals surface area contributed by atoms with E-state index in [4.69, 9.17) is 9.84 Å². The Labute approximate surface area is 91.7 Å². The molecular formula is C12H10O4. The quantitative estimate of drug-likeness (QED) is 0.811. The van der Waals surface area contributed by atoms with Crippen molar-refractivity contribution >= 4 is 16.7 Å². The molecule has 82 valence electrons. The molecule has 0 fully saturated rings. The standard InChI is InChI=1S/C12H10O4/c1-16-10-4-2-3-8-7(10)5-6-9(11(8)13)12(14)15/h2-6,13H,1H3,(H,14,15). The first-order valence-electron chi connectivity index (χ1n) is 4.67. The van der Waals surface area contributed by atoms with Crippen LogP contribution in [0.15, 0.2) is 30.3 Å². The minimum atomic E-state index is -1.15. The number of rotatable bonds is 2. The largest absolute Gasteiger partial charge is 0.506 e. The second-order valence-electron chi connectivity index (χ2n) is 3.32. The van der Waals surface area contributed by atoms with Crippen molar-refractivity contribution in [1.29, 1.82) is 0 Å². The first-order valence-corrected chi connectivity index (χ1v) is 4.67. The maximum absolute atomic E-state index is 10.8. The highest BCUT2D eigenvalue weighted by atomic mass is 16.5. The summed E-state index contributed by atoms with van der Waals surface area (Å²) in [5.41, 5.74) is -0.110. The fourth-order valence-corrected chi connectivity index (χ4v) is 1.66. The van der Waals surface area contributed by atoms with E-state index in [1.165, 1.54) is 13.2 Å². The molecule has 2 N–H and O–H groups in total. The number of phenols is 1. The monoisotopic (exact) mass is 218 g/mol. The van der Waals surface area contributed by atoms with Gasteiger partial charge in [0.25, 0.3) is 0 Å². The van der Waals surface area contributed by atoms with E-state index in [-0.39, 0.29) is 11.3 Å². The molecule has 0 aromatic heterocycles. The number of methoxy groups -OCH3 is 1. The van der Waals surface area contributed by atoms with Gasteiger partial charge in [0.1, 0.15) is 17.1 Å². The molecule has 4 heteroatoms. The maximum Gasteiger partial charge on any atom is 0.339 e. The number of hydrogen-bond donors (Lipinski definition) is 2. The molecule has 0 amide bonds. The van der Waals surface area contributed by atoms with Gasteiger partial charge in [-0.05, 0) is 18.2 Å². The Hall–Kier alpha value is -2.23. The summed E-state index contributed by atoms with van der Waals surface area (Å²) in [6.07, 6.45) is 0. The predicted molar refractivity (Wildman–Crippen MR) is 59.1 cm³/mol. The number of carboxylic acids is 1. The summed E-state index contributed by atoms with van der Waals surface area (Å²) < 4.78 is 5.12. The topological polar surface area (TPSA) is 66.8 Å². The maximum atomic E-state index is 10.8. The van der Waals surface area contributed by atoms with Gasteiger partial charge in [0, 0.05) is 10.8 Å². The molecule has 2 rings (SSSR count). The lowest BCUT2D eigenvalue weighted by atomic mass is 10.0. The van der Waals surface area contributed by atoms with E-state index in [0.717, 1.165) is 0 Å². The van der Waals surface area contributed by atoms with Crippen molar-refractivity contribution in [3.05, 3.63) is 35.9 Å². The van der Waals surface area contributed by atoms with Crippen LogP contribution in [0.25, 0.3) is 10.8 Å². The molecule has 0 bridgehead atoms. The zero-order chi connectivity index (χ0) is 11.7. The van der Waals surface area contributed by atoms with Crippen LogP contribution in [-0.2, 0) is 0 Å². The number of benzene rings is 2. The van der Waals surface area contributed by atoms with Crippen molar-refractivity contribution in [3.8, 4) is 11.5 Å². The van der Waals surface area contributed by atoms with E-state index in [2.05, 4.69) is 0 Å². The molecule has 0 atom stereocenters. The van der Waals surface area contributed by atoms with E-state index in [1.54, 1.807) is 24.3 Å². The molecule has 0 saturated carbocycles. The Morgan fingerprint density at radius 2 is 1.94 bits per heavy atom. The number of hydrogen-bond acceptors (Lipinski definition) is 3. The van der Waals surface area contributed by atoms with E-state index in [1.807, 2.05) is 0 Å². The van der Waals surface area contributed by atoms with Gasteiger partial charge in [0.2, 0.25) is 0 Å². The number of carboxylic acid groups (broad SMARTS) is 1. The van der Waals surface area contributed by atoms with Gasteiger partial charge in [-0.1, -0.05) is 12.1 Å². The molecule has 0 spiro atoms. The van der Waals surface area contributed by atoms with Crippen LogP contribution in [-0.4, -0.2) is 23.3 Å². The van der Waals surface area contributed by atoms with Crippen LogP contribution >= 0.6 is 0 Å². The molecule has 16 heavy (non-hydrogen) atoms. The zero-order valence-corrected chi connectivity index (χ0v) is 8.60. The van der Waals surface area contributed by atoms with Gasteiger partial charge in [0.15, 0.2) is 0 Å².